The SMILES string of the molecule is c1ccc(-c2ccc(-c3ccc(N(c4ccccc4)c4ccc(-c5ccc6c(ccc7ccccc76)c5)cc4)cc3)cc2-c2cc3ccccc3o2)cc1. The molecule has 0 radical (unpaired) electrons. The van der Waals surface area contributed by atoms with Crippen LogP contribution in [0.4, 0.5) is 17.1 Å². The normalized spacial score (nSPS) is 11.3. The molecule has 0 aliphatic rings. The van der Waals surface area contributed by atoms with Crippen molar-refractivity contribution in [2.75, 3.05) is 4.90 Å². The summed E-state index contributed by atoms with van der Waals surface area (Å²) in [5.41, 5.74) is 12.2. The van der Waals surface area contributed by atoms with Crippen LogP contribution in [0.3, 0.4) is 0 Å². The number of rotatable bonds is 7. The van der Waals surface area contributed by atoms with E-state index in [0.717, 1.165) is 61.6 Å². The second kappa shape index (κ2) is 13.4. The molecule has 1 heterocycles. The molecule has 0 aliphatic carbocycles. The molecule has 2 heteroatoms. The summed E-state index contributed by atoms with van der Waals surface area (Å²) in [5, 5.41) is 6.19. The van der Waals surface area contributed by atoms with E-state index < -0.39 is 0 Å². The Bertz CT molecular complexity index is 2870. The van der Waals surface area contributed by atoms with Crippen LogP contribution in [0.25, 0.3) is 77.2 Å². The fourth-order valence-electron chi connectivity index (χ4n) is 7.73. The lowest BCUT2D eigenvalue weighted by molar-refractivity contribution is 0.632. The second-order valence-electron chi connectivity index (χ2n) is 13.8. The predicted octanol–water partition coefficient (Wildman–Crippen LogP) is 14.9. The topological polar surface area (TPSA) is 16.4 Å². The smallest absolute Gasteiger partial charge is 0.136 e. The third kappa shape index (κ3) is 5.81. The van der Waals surface area contributed by atoms with Crippen LogP contribution in [-0.4, -0.2) is 0 Å². The standard InChI is InChI=1S/C52H35NO/c1-3-11-38(12-4-1)48-31-26-41(34-50(48)52-35-43-14-8-10-18-51(43)54-52)37-23-29-46(30-24-37)53(44-15-5-2-6-16-44)45-27-21-36(22-28-45)40-25-32-49-42(33-40)20-19-39-13-7-9-17-47(39)49/h1-35H. The lowest BCUT2D eigenvalue weighted by Gasteiger charge is -2.26. The summed E-state index contributed by atoms with van der Waals surface area (Å²) in [6.45, 7) is 0. The number of benzene rings is 9. The van der Waals surface area contributed by atoms with E-state index >= 15 is 0 Å². The van der Waals surface area contributed by atoms with E-state index in [-0.39, 0.29) is 0 Å². The molecule has 2 nitrogen and oxygen atoms in total. The molecule has 0 N–H and O–H groups in total. The molecule has 0 atom stereocenters. The Labute approximate surface area is 314 Å². The molecule has 54 heavy (non-hydrogen) atoms. The van der Waals surface area contributed by atoms with Crippen LogP contribution in [-0.2, 0) is 0 Å². The number of nitrogens with zero attached hydrogens (tertiary/aromatic N) is 1. The number of anilines is 3. The fourth-order valence-corrected chi connectivity index (χ4v) is 7.73. The average Bonchev–Trinajstić information content (AvgIpc) is 3.69. The highest BCUT2D eigenvalue weighted by Gasteiger charge is 2.16. The van der Waals surface area contributed by atoms with E-state index in [9.17, 15) is 0 Å². The molecular formula is C52H35NO. The molecule has 0 saturated heterocycles. The van der Waals surface area contributed by atoms with E-state index in [2.05, 4.69) is 205 Å². The Balaban J connectivity index is 0.996. The maximum Gasteiger partial charge on any atom is 0.136 e. The molecule has 1 aromatic heterocycles. The third-order valence-electron chi connectivity index (χ3n) is 10.5. The zero-order valence-corrected chi connectivity index (χ0v) is 29.6. The number of furan rings is 1. The highest BCUT2D eigenvalue weighted by atomic mass is 16.3. The maximum atomic E-state index is 6.42. The largest absolute Gasteiger partial charge is 0.456 e. The zero-order valence-electron chi connectivity index (χ0n) is 29.6. The fraction of sp³-hybridized carbons (Fsp3) is 0. The van der Waals surface area contributed by atoms with Crippen LogP contribution < -0.4 is 4.90 Å². The van der Waals surface area contributed by atoms with Gasteiger partial charge in [-0.05, 0) is 116 Å². The van der Waals surface area contributed by atoms with Crippen molar-refractivity contribution >= 4 is 49.6 Å². The highest BCUT2D eigenvalue weighted by molar-refractivity contribution is 6.08. The van der Waals surface area contributed by atoms with Gasteiger partial charge in [-0.25, -0.2) is 0 Å². The molecule has 0 aliphatic heterocycles. The first kappa shape index (κ1) is 31.6. The first-order valence-electron chi connectivity index (χ1n) is 18.4. The van der Waals surface area contributed by atoms with Crippen molar-refractivity contribution in [3.8, 4) is 44.7 Å². The van der Waals surface area contributed by atoms with Crippen molar-refractivity contribution in [3.05, 3.63) is 212 Å². The molecule has 0 unspecified atom stereocenters. The number of hydrogen-bond acceptors (Lipinski definition) is 2. The van der Waals surface area contributed by atoms with Crippen LogP contribution in [0.1, 0.15) is 0 Å². The third-order valence-corrected chi connectivity index (χ3v) is 10.5. The van der Waals surface area contributed by atoms with Gasteiger partial charge in [0.1, 0.15) is 11.3 Å². The number of para-hydroxylation sites is 2. The van der Waals surface area contributed by atoms with E-state index in [1.54, 1.807) is 0 Å². The number of hydrogen-bond donors (Lipinski definition) is 0. The van der Waals surface area contributed by atoms with Gasteiger partial charge < -0.3 is 9.32 Å². The summed E-state index contributed by atoms with van der Waals surface area (Å²) in [6, 6.07) is 75.8. The van der Waals surface area contributed by atoms with Gasteiger partial charge in [0.25, 0.3) is 0 Å². The molecule has 10 rings (SSSR count). The van der Waals surface area contributed by atoms with Crippen LogP contribution in [0.5, 0.6) is 0 Å². The zero-order chi connectivity index (χ0) is 35.8. The van der Waals surface area contributed by atoms with E-state index in [0.29, 0.717) is 0 Å². The molecule has 0 bridgehead atoms. The minimum Gasteiger partial charge on any atom is -0.456 e. The Morgan fingerprint density at radius 2 is 0.833 bits per heavy atom. The van der Waals surface area contributed by atoms with Gasteiger partial charge in [0.05, 0.1) is 0 Å². The van der Waals surface area contributed by atoms with Gasteiger partial charge in [0.2, 0.25) is 0 Å². The Kier molecular flexibility index (Phi) is 7.85. The van der Waals surface area contributed by atoms with E-state index in [1.807, 2.05) is 12.1 Å². The molecule has 0 amide bonds. The highest BCUT2D eigenvalue weighted by Crippen LogP contribution is 2.40. The quantitative estimate of drug-likeness (QED) is 0.155. The molecule has 0 fully saturated rings. The van der Waals surface area contributed by atoms with Crippen molar-refractivity contribution in [1.82, 2.24) is 0 Å². The Morgan fingerprint density at radius 3 is 1.56 bits per heavy atom. The summed E-state index contributed by atoms with van der Waals surface area (Å²) in [7, 11) is 0. The van der Waals surface area contributed by atoms with E-state index in [4.69, 9.17) is 4.42 Å². The Morgan fingerprint density at radius 1 is 0.296 bits per heavy atom. The molecule has 0 spiro atoms. The molecule has 0 saturated carbocycles. The number of fused-ring (bicyclic) bond motifs is 4. The Hall–Kier alpha value is -7.16. The summed E-state index contributed by atoms with van der Waals surface area (Å²) >= 11 is 0. The molecule has 254 valence electrons. The van der Waals surface area contributed by atoms with Gasteiger partial charge in [0, 0.05) is 28.0 Å². The summed E-state index contributed by atoms with van der Waals surface area (Å²) in [6.07, 6.45) is 0. The van der Waals surface area contributed by atoms with Gasteiger partial charge in [-0.2, -0.15) is 0 Å². The second-order valence-corrected chi connectivity index (χ2v) is 13.8. The first-order valence-corrected chi connectivity index (χ1v) is 18.4. The summed E-state index contributed by atoms with van der Waals surface area (Å²) in [4.78, 5) is 2.32. The van der Waals surface area contributed by atoms with Crippen molar-refractivity contribution < 1.29 is 4.42 Å². The van der Waals surface area contributed by atoms with Crippen LogP contribution in [0.15, 0.2) is 217 Å². The van der Waals surface area contributed by atoms with Crippen LogP contribution in [0.2, 0.25) is 0 Å². The summed E-state index contributed by atoms with van der Waals surface area (Å²) < 4.78 is 6.42. The van der Waals surface area contributed by atoms with Gasteiger partial charge in [-0.15, -0.1) is 0 Å². The van der Waals surface area contributed by atoms with Crippen molar-refractivity contribution in [2.24, 2.45) is 0 Å². The van der Waals surface area contributed by atoms with Crippen molar-refractivity contribution in [3.63, 3.8) is 0 Å². The van der Waals surface area contributed by atoms with Crippen LogP contribution >= 0.6 is 0 Å². The molecule has 9 aromatic carbocycles. The summed E-state index contributed by atoms with van der Waals surface area (Å²) in [5.74, 6) is 0.865. The minimum absolute atomic E-state index is 0.865. The van der Waals surface area contributed by atoms with Gasteiger partial charge in [-0.1, -0.05) is 152 Å². The van der Waals surface area contributed by atoms with Crippen LogP contribution in [0, 0.1) is 0 Å². The maximum absolute atomic E-state index is 6.42. The van der Waals surface area contributed by atoms with Crippen molar-refractivity contribution in [1.29, 1.82) is 0 Å². The molecule has 10 aromatic rings. The first-order chi connectivity index (χ1) is 26.7. The average molecular weight is 690 g/mol. The lowest BCUT2D eigenvalue weighted by atomic mass is 9.93. The van der Waals surface area contributed by atoms with Gasteiger partial charge in [0.15, 0.2) is 0 Å². The molecular weight excluding hydrogens is 655 g/mol. The predicted molar refractivity (Wildman–Crippen MR) is 228 cm³/mol. The van der Waals surface area contributed by atoms with Crippen molar-refractivity contribution in [2.45, 2.75) is 0 Å². The minimum atomic E-state index is 0.865. The monoisotopic (exact) mass is 689 g/mol. The lowest BCUT2D eigenvalue weighted by Crippen LogP contribution is -2.09. The van der Waals surface area contributed by atoms with E-state index in [1.165, 1.54) is 32.7 Å². The van der Waals surface area contributed by atoms with Gasteiger partial charge in [-0.3, -0.25) is 0 Å². The van der Waals surface area contributed by atoms with Gasteiger partial charge >= 0.3 is 0 Å².